The zero-order chi connectivity index (χ0) is 17.4. The second-order valence-electron chi connectivity index (χ2n) is 6.42. The van der Waals surface area contributed by atoms with Gasteiger partial charge in [-0.3, -0.25) is 10.1 Å². The van der Waals surface area contributed by atoms with Crippen molar-refractivity contribution in [2.45, 2.75) is 19.1 Å². The number of hydrogen-bond donors (Lipinski definition) is 1. The number of rotatable bonds is 4. The summed E-state index contributed by atoms with van der Waals surface area (Å²) in [6.07, 6.45) is 3.88. The molecule has 0 saturated carbocycles. The number of hydrogen-bond acceptors (Lipinski definition) is 5. The summed E-state index contributed by atoms with van der Waals surface area (Å²) in [4.78, 5) is 6.84. The van der Waals surface area contributed by atoms with Crippen LogP contribution in [0, 0.1) is 6.92 Å². The minimum absolute atomic E-state index is 0. The number of aromatic nitrogens is 3. The molecule has 8 heteroatoms. The molecular formula is C19H24Cl2N4O2. The maximum atomic E-state index is 5.58. The molecule has 27 heavy (non-hydrogen) atoms. The van der Waals surface area contributed by atoms with Crippen LogP contribution in [-0.2, 0) is 9.47 Å². The Labute approximate surface area is 171 Å². The molecule has 1 fully saturated rings. The standard InChI is InChI=1S/C19H22N4O2.2ClH/c1-12-15(9-21-22-12)13-4-5-16-14(8-13)17(6-7-20-16)23-10-18(24-2)19(11-23)25-3;;/h4-9,18-19H,10-11H2,1-3H3,(H,21,22);2*1H. The van der Waals surface area contributed by atoms with Crippen LogP contribution in [0.1, 0.15) is 5.69 Å². The average molecular weight is 411 g/mol. The highest BCUT2D eigenvalue weighted by Gasteiger charge is 2.33. The van der Waals surface area contributed by atoms with E-state index in [1.54, 1.807) is 14.2 Å². The molecule has 2 aromatic heterocycles. The average Bonchev–Trinajstić information content (AvgIpc) is 3.26. The van der Waals surface area contributed by atoms with Crippen molar-refractivity contribution in [2.75, 3.05) is 32.2 Å². The highest BCUT2D eigenvalue weighted by Crippen LogP contribution is 2.33. The summed E-state index contributed by atoms with van der Waals surface area (Å²) in [5, 5.41) is 8.27. The Bertz CT molecular complexity index is 890. The molecule has 4 rings (SSSR count). The maximum absolute atomic E-state index is 5.58. The topological polar surface area (TPSA) is 63.3 Å². The summed E-state index contributed by atoms with van der Waals surface area (Å²) in [5.74, 6) is 0. The molecule has 3 heterocycles. The molecule has 0 radical (unpaired) electrons. The van der Waals surface area contributed by atoms with Crippen molar-refractivity contribution in [2.24, 2.45) is 0 Å². The van der Waals surface area contributed by atoms with Gasteiger partial charge in [0.15, 0.2) is 0 Å². The van der Waals surface area contributed by atoms with E-state index in [9.17, 15) is 0 Å². The van der Waals surface area contributed by atoms with Gasteiger partial charge >= 0.3 is 0 Å². The van der Waals surface area contributed by atoms with Crippen LogP contribution in [0.5, 0.6) is 0 Å². The lowest BCUT2D eigenvalue weighted by molar-refractivity contribution is -0.00461. The first-order valence-electron chi connectivity index (χ1n) is 8.41. The van der Waals surface area contributed by atoms with Crippen molar-refractivity contribution in [3.8, 4) is 11.1 Å². The molecule has 1 aliphatic heterocycles. The lowest BCUT2D eigenvalue weighted by Crippen LogP contribution is -2.27. The Morgan fingerprint density at radius 3 is 2.37 bits per heavy atom. The van der Waals surface area contributed by atoms with Gasteiger partial charge in [-0.05, 0) is 30.7 Å². The molecule has 1 N–H and O–H groups in total. The number of nitrogens with one attached hydrogen (secondary N) is 1. The van der Waals surface area contributed by atoms with E-state index in [2.05, 4.69) is 44.3 Å². The molecule has 0 bridgehead atoms. The summed E-state index contributed by atoms with van der Waals surface area (Å²) in [6.45, 7) is 3.65. The van der Waals surface area contributed by atoms with Crippen LogP contribution >= 0.6 is 24.8 Å². The third kappa shape index (κ3) is 3.89. The monoisotopic (exact) mass is 410 g/mol. The second kappa shape index (κ2) is 8.89. The molecule has 1 aliphatic rings. The fourth-order valence-corrected chi connectivity index (χ4v) is 3.61. The molecule has 0 amide bonds. The van der Waals surface area contributed by atoms with Crippen molar-refractivity contribution in [1.82, 2.24) is 15.2 Å². The van der Waals surface area contributed by atoms with Crippen LogP contribution in [0.2, 0.25) is 0 Å². The van der Waals surface area contributed by atoms with Crippen LogP contribution in [0.4, 0.5) is 5.69 Å². The second-order valence-corrected chi connectivity index (χ2v) is 6.42. The maximum Gasteiger partial charge on any atom is 0.102 e. The van der Waals surface area contributed by atoms with Gasteiger partial charge in [0.2, 0.25) is 0 Å². The van der Waals surface area contributed by atoms with Gasteiger partial charge in [0.1, 0.15) is 12.2 Å². The molecule has 1 aromatic carbocycles. The third-order valence-electron chi connectivity index (χ3n) is 5.02. The third-order valence-corrected chi connectivity index (χ3v) is 5.02. The molecule has 2 atom stereocenters. The number of H-pyrrole nitrogens is 1. The number of fused-ring (bicyclic) bond motifs is 1. The first-order chi connectivity index (χ1) is 12.2. The normalized spacial score (nSPS) is 19.0. The number of pyridine rings is 1. The van der Waals surface area contributed by atoms with E-state index in [1.165, 1.54) is 0 Å². The number of nitrogens with zero attached hydrogens (tertiary/aromatic N) is 3. The molecule has 1 saturated heterocycles. The minimum atomic E-state index is 0. The Morgan fingerprint density at radius 2 is 1.78 bits per heavy atom. The van der Waals surface area contributed by atoms with E-state index >= 15 is 0 Å². The van der Waals surface area contributed by atoms with Gasteiger partial charge in [-0.1, -0.05) is 6.07 Å². The van der Waals surface area contributed by atoms with Crippen LogP contribution in [0.3, 0.4) is 0 Å². The molecule has 6 nitrogen and oxygen atoms in total. The van der Waals surface area contributed by atoms with E-state index in [0.29, 0.717) is 0 Å². The van der Waals surface area contributed by atoms with Crippen LogP contribution in [0.25, 0.3) is 22.0 Å². The molecular weight excluding hydrogens is 387 g/mol. The number of halogens is 2. The lowest BCUT2D eigenvalue weighted by Gasteiger charge is -2.20. The Kier molecular flexibility index (Phi) is 7.06. The van der Waals surface area contributed by atoms with Crippen LogP contribution in [-0.4, -0.2) is 54.7 Å². The van der Waals surface area contributed by atoms with Crippen LogP contribution < -0.4 is 4.90 Å². The van der Waals surface area contributed by atoms with E-state index in [1.807, 2.05) is 19.3 Å². The summed E-state index contributed by atoms with van der Waals surface area (Å²) in [5.41, 5.74) is 5.46. The molecule has 146 valence electrons. The predicted octanol–water partition coefficient (Wildman–Crippen LogP) is 3.63. The van der Waals surface area contributed by atoms with Crippen LogP contribution in [0.15, 0.2) is 36.7 Å². The number of anilines is 1. The highest BCUT2D eigenvalue weighted by molar-refractivity contribution is 5.95. The Morgan fingerprint density at radius 1 is 1.07 bits per heavy atom. The van der Waals surface area contributed by atoms with Crippen molar-refractivity contribution in [1.29, 1.82) is 0 Å². The van der Waals surface area contributed by atoms with Gasteiger partial charge in [-0.25, -0.2) is 0 Å². The minimum Gasteiger partial charge on any atom is -0.377 e. The molecule has 2 unspecified atom stereocenters. The molecule has 3 aromatic rings. The number of methoxy groups -OCH3 is 2. The lowest BCUT2D eigenvalue weighted by atomic mass is 10.0. The molecule has 0 aliphatic carbocycles. The molecule has 0 spiro atoms. The van der Waals surface area contributed by atoms with Crippen molar-refractivity contribution < 1.29 is 9.47 Å². The fraction of sp³-hybridized carbons (Fsp3) is 0.368. The predicted molar refractivity (Wildman–Crippen MR) is 112 cm³/mol. The fourth-order valence-electron chi connectivity index (χ4n) is 3.61. The smallest absolute Gasteiger partial charge is 0.102 e. The number of aryl methyl sites for hydroxylation is 1. The van der Waals surface area contributed by atoms with Crippen molar-refractivity contribution >= 4 is 41.4 Å². The number of ether oxygens (including phenoxy) is 2. The van der Waals surface area contributed by atoms with Gasteiger partial charge in [0.05, 0.1) is 11.7 Å². The highest BCUT2D eigenvalue weighted by atomic mass is 35.5. The SMILES string of the molecule is COC1CN(c2ccnc3ccc(-c4cn[nH]c4C)cc23)CC1OC.Cl.Cl. The quantitative estimate of drug-likeness (QED) is 0.711. The van der Waals surface area contributed by atoms with E-state index in [-0.39, 0.29) is 37.0 Å². The van der Waals surface area contributed by atoms with E-state index in [4.69, 9.17) is 9.47 Å². The van der Waals surface area contributed by atoms with E-state index < -0.39 is 0 Å². The van der Waals surface area contributed by atoms with Gasteiger partial charge < -0.3 is 14.4 Å². The van der Waals surface area contributed by atoms with Gasteiger partial charge in [0, 0.05) is 55.8 Å². The Hall–Kier alpha value is -1.86. The van der Waals surface area contributed by atoms with Crippen molar-refractivity contribution in [3.05, 3.63) is 42.4 Å². The zero-order valence-electron chi connectivity index (χ0n) is 15.5. The summed E-state index contributed by atoms with van der Waals surface area (Å²) in [7, 11) is 3.48. The zero-order valence-corrected chi connectivity index (χ0v) is 17.1. The van der Waals surface area contributed by atoms with Gasteiger partial charge in [-0.15, -0.1) is 24.8 Å². The summed E-state index contributed by atoms with van der Waals surface area (Å²) in [6, 6.07) is 8.42. The summed E-state index contributed by atoms with van der Waals surface area (Å²) >= 11 is 0. The van der Waals surface area contributed by atoms with Crippen molar-refractivity contribution in [3.63, 3.8) is 0 Å². The van der Waals surface area contributed by atoms with Gasteiger partial charge in [-0.2, -0.15) is 5.10 Å². The number of benzene rings is 1. The first kappa shape index (κ1) is 21.4. The largest absolute Gasteiger partial charge is 0.377 e. The van der Waals surface area contributed by atoms with Gasteiger partial charge in [0.25, 0.3) is 0 Å². The van der Waals surface area contributed by atoms with E-state index in [0.717, 1.165) is 46.5 Å². The first-order valence-corrected chi connectivity index (χ1v) is 8.41. The summed E-state index contributed by atoms with van der Waals surface area (Å²) < 4.78 is 11.2. The number of aromatic amines is 1. The Balaban J connectivity index is 0.00000131.